The van der Waals surface area contributed by atoms with Crippen molar-refractivity contribution in [2.45, 2.75) is 32.6 Å². The molecule has 98 valence electrons. The van der Waals surface area contributed by atoms with Gasteiger partial charge in [0, 0.05) is 21.7 Å². The second-order valence-corrected chi connectivity index (χ2v) is 5.80. The zero-order valence-corrected chi connectivity index (χ0v) is 12.1. The van der Waals surface area contributed by atoms with Crippen molar-refractivity contribution in [1.29, 1.82) is 0 Å². The van der Waals surface area contributed by atoms with E-state index in [-0.39, 0.29) is 5.78 Å². The zero-order chi connectivity index (χ0) is 13.6. The van der Waals surface area contributed by atoms with Crippen molar-refractivity contribution in [2.24, 2.45) is 0 Å². The van der Waals surface area contributed by atoms with Crippen LogP contribution < -0.4 is 0 Å². The first-order valence-electron chi connectivity index (χ1n) is 6.39. The quantitative estimate of drug-likeness (QED) is 0.718. The molecule has 3 rings (SSSR count). The van der Waals surface area contributed by atoms with Crippen LogP contribution in [0.3, 0.4) is 0 Å². The zero-order valence-electron chi connectivity index (χ0n) is 10.6. The number of halogens is 2. The normalized spacial score (nSPS) is 14.5. The third-order valence-corrected chi connectivity index (χ3v) is 4.15. The van der Waals surface area contributed by atoms with E-state index in [0.717, 1.165) is 53.4 Å². The van der Waals surface area contributed by atoms with E-state index < -0.39 is 0 Å². The van der Waals surface area contributed by atoms with Crippen LogP contribution in [0.5, 0.6) is 0 Å². The molecule has 0 unspecified atom stereocenters. The lowest BCUT2D eigenvalue weighted by atomic mass is 9.88. The molecule has 1 heterocycles. The average molecular weight is 294 g/mol. The SMILES string of the molecule is CC(=O)c1c2c(nc3cc(Cl)cc(Cl)c13)CCCC2. The number of aromatic nitrogens is 1. The predicted molar refractivity (Wildman–Crippen MR) is 78.4 cm³/mol. The van der Waals surface area contributed by atoms with E-state index in [9.17, 15) is 4.79 Å². The second kappa shape index (κ2) is 4.77. The molecule has 2 aromatic rings. The maximum absolute atomic E-state index is 12.0. The molecular weight excluding hydrogens is 281 g/mol. The molecule has 0 amide bonds. The Morgan fingerprint density at radius 3 is 2.68 bits per heavy atom. The minimum atomic E-state index is 0.0507. The lowest BCUT2D eigenvalue weighted by Gasteiger charge is -2.20. The number of ketones is 1. The minimum absolute atomic E-state index is 0.0507. The Morgan fingerprint density at radius 1 is 1.21 bits per heavy atom. The summed E-state index contributed by atoms with van der Waals surface area (Å²) in [5.41, 5.74) is 3.57. The maximum Gasteiger partial charge on any atom is 0.160 e. The summed E-state index contributed by atoms with van der Waals surface area (Å²) in [5.74, 6) is 0.0507. The summed E-state index contributed by atoms with van der Waals surface area (Å²) < 4.78 is 0. The molecule has 1 aliphatic rings. The number of aryl methyl sites for hydroxylation is 1. The van der Waals surface area contributed by atoms with Crippen molar-refractivity contribution in [2.75, 3.05) is 0 Å². The van der Waals surface area contributed by atoms with Crippen LogP contribution in [-0.4, -0.2) is 10.8 Å². The van der Waals surface area contributed by atoms with Gasteiger partial charge in [0.05, 0.1) is 10.5 Å². The molecule has 0 fully saturated rings. The summed E-state index contributed by atoms with van der Waals surface area (Å²) in [6.07, 6.45) is 4.06. The molecule has 0 radical (unpaired) electrons. The lowest BCUT2D eigenvalue weighted by molar-refractivity contribution is 0.101. The number of nitrogens with zero attached hydrogens (tertiary/aromatic N) is 1. The van der Waals surface area contributed by atoms with Gasteiger partial charge in [0.2, 0.25) is 0 Å². The molecule has 0 aliphatic heterocycles. The van der Waals surface area contributed by atoms with Gasteiger partial charge in [0.15, 0.2) is 5.78 Å². The summed E-state index contributed by atoms with van der Waals surface area (Å²) in [4.78, 5) is 16.7. The van der Waals surface area contributed by atoms with Gasteiger partial charge in [-0.25, -0.2) is 0 Å². The lowest BCUT2D eigenvalue weighted by Crippen LogP contribution is -2.12. The number of benzene rings is 1. The van der Waals surface area contributed by atoms with E-state index in [1.807, 2.05) is 0 Å². The van der Waals surface area contributed by atoms with Crippen molar-refractivity contribution in [3.05, 3.63) is 39.0 Å². The first-order chi connectivity index (χ1) is 9.08. The summed E-state index contributed by atoms with van der Waals surface area (Å²) in [5, 5.41) is 1.81. The second-order valence-electron chi connectivity index (χ2n) is 4.96. The van der Waals surface area contributed by atoms with Crippen LogP contribution >= 0.6 is 23.2 Å². The Morgan fingerprint density at radius 2 is 1.95 bits per heavy atom. The molecule has 0 atom stereocenters. The average Bonchev–Trinajstić information content (AvgIpc) is 2.35. The fourth-order valence-corrected chi connectivity index (χ4v) is 3.44. The largest absolute Gasteiger partial charge is 0.294 e. The van der Waals surface area contributed by atoms with Gasteiger partial charge in [-0.1, -0.05) is 23.2 Å². The highest BCUT2D eigenvalue weighted by Crippen LogP contribution is 2.35. The minimum Gasteiger partial charge on any atom is -0.294 e. The first kappa shape index (κ1) is 12.9. The number of Topliss-reactive ketones (excluding diaryl/α,β-unsaturated/α-hetero) is 1. The van der Waals surface area contributed by atoms with Crippen LogP contribution in [0.2, 0.25) is 10.0 Å². The number of pyridine rings is 1. The molecule has 0 spiro atoms. The van der Waals surface area contributed by atoms with Crippen molar-refractivity contribution in [3.63, 3.8) is 0 Å². The number of fused-ring (bicyclic) bond motifs is 2. The Hall–Kier alpha value is -1.12. The Labute approximate surface area is 121 Å². The van der Waals surface area contributed by atoms with E-state index in [1.54, 1.807) is 19.1 Å². The van der Waals surface area contributed by atoms with Gasteiger partial charge < -0.3 is 0 Å². The topological polar surface area (TPSA) is 30.0 Å². The molecule has 0 saturated carbocycles. The Kier molecular flexibility index (Phi) is 3.23. The van der Waals surface area contributed by atoms with Crippen molar-refractivity contribution < 1.29 is 4.79 Å². The van der Waals surface area contributed by atoms with Gasteiger partial charge in [0.1, 0.15) is 0 Å². The molecule has 4 heteroatoms. The smallest absolute Gasteiger partial charge is 0.160 e. The van der Waals surface area contributed by atoms with Crippen LogP contribution in [-0.2, 0) is 12.8 Å². The standard InChI is InChI=1S/C15H13Cl2NO/c1-8(19)14-10-4-2-3-5-12(10)18-13-7-9(16)6-11(17)15(13)14/h6-7H,2-5H2,1H3. The number of hydrogen-bond acceptors (Lipinski definition) is 2. The third kappa shape index (κ3) is 2.13. The summed E-state index contributed by atoms with van der Waals surface area (Å²) in [6, 6.07) is 3.46. The summed E-state index contributed by atoms with van der Waals surface area (Å²) in [6.45, 7) is 1.59. The molecule has 1 aliphatic carbocycles. The molecule has 0 bridgehead atoms. The van der Waals surface area contributed by atoms with E-state index in [0.29, 0.717) is 10.0 Å². The maximum atomic E-state index is 12.0. The van der Waals surface area contributed by atoms with Gasteiger partial charge >= 0.3 is 0 Å². The Balaban J connectivity index is 2.46. The Bertz CT molecular complexity index is 694. The fraction of sp³-hybridized carbons (Fsp3) is 0.333. The van der Waals surface area contributed by atoms with E-state index in [4.69, 9.17) is 23.2 Å². The van der Waals surface area contributed by atoms with Crippen LogP contribution in [0.4, 0.5) is 0 Å². The van der Waals surface area contributed by atoms with Crippen molar-refractivity contribution in [1.82, 2.24) is 4.98 Å². The summed E-state index contributed by atoms with van der Waals surface area (Å²) in [7, 11) is 0. The highest BCUT2D eigenvalue weighted by atomic mass is 35.5. The molecule has 1 aromatic carbocycles. The number of carbonyl (C=O) groups is 1. The van der Waals surface area contributed by atoms with E-state index in [1.165, 1.54) is 0 Å². The van der Waals surface area contributed by atoms with E-state index in [2.05, 4.69) is 4.98 Å². The van der Waals surface area contributed by atoms with Crippen LogP contribution in [0, 0.1) is 0 Å². The molecule has 0 N–H and O–H groups in total. The third-order valence-electron chi connectivity index (χ3n) is 3.63. The van der Waals surface area contributed by atoms with Crippen molar-refractivity contribution in [3.8, 4) is 0 Å². The van der Waals surface area contributed by atoms with Gasteiger partial charge in [0.25, 0.3) is 0 Å². The van der Waals surface area contributed by atoms with Crippen LogP contribution in [0.15, 0.2) is 12.1 Å². The van der Waals surface area contributed by atoms with Crippen LogP contribution in [0.25, 0.3) is 10.9 Å². The van der Waals surface area contributed by atoms with Gasteiger partial charge in [-0.3, -0.25) is 9.78 Å². The number of rotatable bonds is 1. The highest BCUT2D eigenvalue weighted by molar-refractivity contribution is 6.39. The molecule has 0 saturated heterocycles. The molecule has 19 heavy (non-hydrogen) atoms. The number of hydrogen-bond donors (Lipinski definition) is 0. The summed E-state index contributed by atoms with van der Waals surface area (Å²) >= 11 is 12.3. The monoisotopic (exact) mass is 293 g/mol. The highest BCUT2D eigenvalue weighted by Gasteiger charge is 2.22. The number of carbonyl (C=O) groups excluding carboxylic acids is 1. The van der Waals surface area contributed by atoms with Crippen LogP contribution in [0.1, 0.15) is 41.4 Å². The molecular formula is C15H13Cl2NO. The van der Waals surface area contributed by atoms with Gasteiger partial charge in [-0.05, 0) is 50.3 Å². The first-order valence-corrected chi connectivity index (χ1v) is 7.15. The van der Waals surface area contributed by atoms with Gasteiger partial charge in [-0.15, -0.1) is 0 Å². The molecule has 1 aromatic heterocycles. The van der Waals surface area contributed by atoms with Gasteiger partial charge in [-0.2, -0.15) is 0 Å². The molecule has 2 nitrogen and oxygen atoms in total. The fourth-order valence-electron chi connectivity index (χ4n) is 2.86. The van der Waals surface area contributed by atoms with Crippen molar-refractivity contribution >= 4 is 39.9 Å². The van der Waals surface area contributed by atoms with E-state index >= 15 is 0 Å². The predicted octanol–water partition coefficient (Wildman–Crippen LogP) is 4.62.